The van der Waals surface area contributed by atoms with Crippen molar-refractivity contribution in [3.63, 3.8) is 0 Å². The van der Waals surface area contributed by atoms with Gasteiger partial charge in [0.25, 0.3) is 0 Å². The smallest absolute Gasteiger partial charge is 0.341 e. The molecule has 0 bridgehead atoms. The number of thiophene rings is 1. The zero-order valence-electron chi connectivity index (χ0n) is 16.4. The number of carbonyl (C=O) groups is 2. The molecule has 7 heteroatoms. The third kappa shape index (κ3) is 5.21. The molecule has 0 aliphatic heterocycles. The van der Waals surface area contributed by atoms with E-state index in [0.29, 0.717) is 33.1 Å². The molecule has 2 aromatic rings. The van der Waals surface area contributed by atoms with Crippen LogP contribution in [0.3, 0.4) is 0 Å². The average molecular weight is 452 g/mol. The molecule has 0 saturated carbocycles. The highest BCUT2D eigenvalue weighted by atomic mass is 35.5. The largest absolute Gasteiger partial charge is 0.462 e. The lowest BCUT2D eigenvalue weighted by molar-refractivity contribution is -0.111. The summed E-state index contributed by atoms with van der Waals surface area (Å²) in [6, 6.07) is 5.14. The lowest BCUT2D eigenvalue weighted by Gasteiger charge is -2.20. The standard InChI is InChI=1S/C22H23Cl2NO3S/c1-3-13-5-8-15-18(12-13)29-21(20(15)22(27)28-4-2)25-19(26)10-7-14-6-9-16(23)17(24)11-14/h6-7,9-11,13H,3-5,8,12H2,1-2H3,(H,25,26)/b10-7+. The lowest BCUT2D eigenvalue weighted by atomic mass is 9.85. The van der Waals surface area contributed by atoms with Gasteiger partial charge in [-0.25, -0.2) is 4.79 Å². The number of amides is 1. The number of fused-ring (bicyclic) bond motifs is 1. The summed E-state index contributed by atoms with van der Waals surface area (Å²) >= 11 is 13.4. The Morgan fingerprint density at radius 2 is 2.07 bits per heavy atom. The molecule has 1 N–H and O–H groups in total. The summed E-state index contributed by atoms with van der Waals surface area (Å²) in [6.07, 6.45) is 7.02. The predicted molar refractivity (Wildman–Crippen MR) is 120 cm³/mol. The molecule has 1 aromatic carbocycles. The van der Waals surface area contributed by atoms with Gasteiger partial charge in [-0.3, -0.25) is 4.79 Å². The zero-order valence-corrected chi connectivity index (χ0v) is 18.7. The van der Waals surface area contributed by atoms with Gasteiger partial charge in [0.05, 0.1) is 22.2 Å². The second kappa shape index (κ2) is 9.79. The molecule has 0 fully saturated rings. The first-order valence-electron chi connectivity index (χ1n) is 9.68. The van der Waals surface area contributed by atoms with Gasteiger partial charge in [-0.05, 0) is 61.4 Å². The summed E-state index contributed by atoms with van der Waals surface area (Å²) in [4.78, 5) is 26.2. The maximum Gasteiger partial charge on any atom is 0.341 e. The molecule has 0 spiro atoms. The Balaban J connectivity index is 1.82. The number of halogens is 2. The van der Waals surface area contributed by atoms with Crippen LogP contribution in [-0.2, 0) is 22.4 Å². The SMILES string of the molecule is CCOC(=O)c1c(NC(=O)/C=C/c2ccc(Cl)c(Cl)c2)sc2c1CCC(CC)C2. The van der Waals surface area contributed by atoms with Crippen molar-refractivity contribution in [2.75, 3.05) is 11.9 Å². The molecular formula is C22H23Cl2NO3S. The van der Waals surface area contributed by atoms with Gasteiger partial charge in [-0.2, -0.15) is 0 Å². The molecule has 1 unspecified atom stereocenters. The number of nitrogens with one attached hydrogen (secondary N) is 1. The average Bonchev–Trinajstić information content (AvgIpc) is 3.05. The van der Waals surface area contributed by atoms with Crippen molar-refractivity contribution in [2.24, 2.45) is 5.92 Å². The van der Waals surface area contributed by atoms with Crippen molar-refractivity contribution in [1.29, 1.82) is 0 Å². The van der Waals surface area contributed by atoms with Crippen LogP contribution in [0, 0.1) is 5.92 Å². The monoisotopic (exact) mass is 451 g/mol. The van der Waals surface area contributed by atoms with Crippen LogP contribution in [0.1, 0.15) is 53.1 Å². The van der Waals surface area contributed by atoms with Gasteiger partial charge in [0.2, 0.25) is 5.91 Å². The van der Waals surface area contributed by atoms with E-state index < -0.39 is 0 Å². The molecule has 1 aliphatic carbocycles. The van der Waals surface area contributed by atoms with E-state index in [-0.39, 0.29) is 11.9 Å². The summed E-state index contributed by atoms with van der Waals surface area (Å²) in [6.45, 7) is 4.26. The molecule has 0 radical (unpaired) electrons. The van der Waals surface area contributed by atoms with Crippen LogP contribution in [0.2, 0.25) is 10.0 Å². The van der Waals surface area contributed by atoms with Gasteiger partial charge in [-0.15, -0.1) is 11.3 Å². The molecule has 3 rings (SSSR count). The summed E-state index contributed by atoms with van der Waals surface area (Å²) in [5, 5.41) is 4.32. The van der Waals surface area contributed by atoms with Crippen molar-refractivity contribution in [3.8, 4) is 0 Å². The molecular weight excluding hydrogens is 429 g/mol. The van der Waals surface area contributed by atoms with Crippen molar-refractivity contribution in [3.05, 3.63) is 55.9 Å². The number of hydrogen-bond acceptors (Lipinski definition) is 4. The fourth-order valence-electron chi connectivity index (χ4n) is 3.45. The molecule has 154 valence electrons. The Bertz CT molecular complexity index is 952. The van der Waals surface area contributed by atoms with Gasteiger partial charge in [0.15, 0.2) is 0 Å². The number of carbonyl (C=O) groups excluding carboxylic acids is 2. The maximum absolute atomic E-state index is 12.6. The van der Waals surface area contributed by atoms with Crippen molar-refractivity contribution in [1.82, 2.24) is 0 Å². The highest BCUT2D eigenvalue weighted by Crippen LogP contribution is 2.40. The first kappa shape index (κ1) is 21.9. The maximum atomic E-state index is 12.6. The minimum absolute atomic E-state index is 0.297. The van der Waals surface area contributed by atoms with E-state index in [4.69, 9.17) is 27.9 Å². The Hall–Kier alpha value is -1.82. The molecule has 1 aliphatic rings. The van der Waals surface area contributed by atoms with Crippen LogP contribution >= 0.6 is 34.5 Å². The van der Waals surface area contributed by atoms with Crippen LogP contribution in [0.25, 0.3) is 6.08 Å². The minimum atomic E-state index is -0.372. The summed E-state index contributed by atoms with van der Waals surface area (Å²) in [5.41, 5.74) is 2.30. The molecule has 1 heterocycles. The van der Waals surface area contributed by atoms with E-state index in [0.717, 1.165) is 36.8 Å². The molecule has 1 aromatic heterocycles. The number of benzene rings is 1. The molecule has 1 atom stereocenters. The number of hydrogen-bond donors (Lipinski definition) is 1. The van der Waals surface area contributed by atoms with Gasteiger partial charge >= 0.3 is 5.97 Å². The zero-order chi connectivity index (χ0) is 21.0. The summed E-state index contributed by atoms with van der Waals surface area (Å²) in [7, 11) is 0. The molecule has 4 nitrogen and oxygen atoms in total. The van der Waals surface area contributed by atoms with E-state index in [1.807, 2.05) is 0 Å². The predicted octanol–water partition coefficient (Wildman–Crippen LogP) is 6.40. The van der Waals surface area contributed by atoms with Crippen molar-refractivity contribution < 1.29 is 14.3 Å². The van der Waals surface area contributed by atoms with E-state index in [2.05, 4.69) is 12.2 Å². The third-order valence-corrected chi connectivity index (χ3v) is 6.94. The summed E-state index contributed by atoms with van der Waals surface area (Å²) in [5.74, 6) is -0.0646. The molecule has 29 heavy (non-hydrogen) atoms. The highest BCUT2D eigenvalue weighted by molar-refractivity contribution is 7.17. The number of ether oxygens (including phenoxy) is 1. The minimum Gasteiger partial charge on any atom is -0.462 e. The van der Waals surface area contributed by atoms with Gasteiger partial charge in [-0.1, -0.05) is 42.6 Å². The van der Waals surface area contributed by atoms with Gasteiger partial charge < -0.3 is 10.1 Å². The lowest BCUT2D eigenvalue weighted by Crippen LogP contribution is -2.16. The van der Waals surface area contributed by atoms with Crippen LogP contribution < -0.4 is 5.32 Å². The third-order valence-electron chi connectivity index (χ3n) is 5.03. The fourth-order valence-corrected chi connectivity index (χ4v) is 5.11. The Morgan fingerprint density at radius 1 is 1.28 bits per heavy atom. The number of anilines is 1. The second-order valence-electron chi connectivity index (χ2n) is 6.94. The van der Waals surface area contributed by atoms with Gasteiger partial charge in [0, 0.05) is 11.0 Å². The van der Waals surface area contributed by atoms with Gasteiger partial charge in [0.1, 0.15) is 5.00 Å². The number of rotatable bonds is 6. The quantitative estimate of drug-likeness (QED) is 0.408. The molecule has 0 saturated heterocycles. The Morgan fingerprint density at radius 3 is 2.76 bits per heavy atom. The summed E-state index contributed by atoms with van der Waals surface area (Å²) < 4.78 is 5.25. The first-order chi connectivity index (χ1) is 13.9. The van der Waals surface area contributed by atoms with E-state index in [1.165, 1.54) is 22.3 Å². The van der Waals surface area contributed by atoms with Crippen molar-refractivity contribution in [2.45, 2.75) is 39.5 Å². The van der Waals surface area contributed by atoms with Crippen LogP contribution in [0.5, 0.6) is 0 Å². The topological polar surface area (TPSA) is 55.4 Å². The Labute approximate surface area is 184 Å². The van der Waals surface area contributed by atoms with Crippen LogP contribution in [0.4, 0.5) is 5.00 Å². The molecule has 1 amide bonds. The van der Waals surface area contributed by atoms with E-state index >= 15 is 0 Å². The first-order valence-corrected chi connectivity index (χ1v) is 11.3. The number of esters is 1. The second-order valence-corrected chi connectivity index (χ2v) is 8.86. The highest BCUT2D eigenvalue weighted by Gasteiger charge is 2.29. The van der Waals surface area contributed by atoms with Crippen LogP contribution in [-0.4, -0.2) is 18.5 Å². The van der Waals surface area contributed by atoms with Crippen molar-refractivity contribution >= 4 is 57.5 Å². The van der Waals surface area contributed by atoms with E-state index in [9.17, 15) is 9.59 Å². The fraction of sp³-hybridized carbons (Fsp3) is 0.364. The van der Waals surface area contributed by atoms with Crippen LogP contribution in [0.15, 0.2) is 24.3 Å². The normalized spacial score (nSPS) is 15.9. The van der Waals surface area contributed by atoms with E-state index in [1.54, 1.807) is 31.2 Å². The Kier molecular flexibility index (Phi) is 7.38.